The van der Waals surface area contributed by atoms with Gasteiger partial charge in [-0.25, -0.2) is 4.98 Å². The molecule has 0 aliphatic rings. The van der Waals surface area contributed by atoms with Gasteiger partial charge in [-0.2, -0.15) is 0 Å². The van der Waals surface area contributed by atoms with Crippen LogP contribution in [0.25, 0.3) is 11.0 Å². The van der Waals surface area contributed by atoms with Gasteiger partial charge >= 0.3 is 0 Å². The number of unbranched alkanes of at least 4 members (excludes halogenated alkanes) is 4. The van der Waals surface area contributed by atoms with Crippen molar-refractivity contribution in [3.8, 4) is 0 Å². The minimum atomic E-state index is -0.00443. The highest BCUT2D eigenvalue weighted by Crippen LogP contribution is 2.19. The maximum absolute atomic E-state index is 12.1. The van der Waals surface area contributed by atoms with E-state index in [1.54, 1.807) is 0 Å². The number of aryl methyl sites for hydroxylation is 2. The molecule has 1 heterocycles. The quantitative estimate of drug-likeness (QED) is 0.353. The van der Waals surface area contributed by atoms with Crippen LogP contribution in [-0.4, -0.2) is 22.0 Å². The molecule has 0 radical (unpaired) electrons. The van der Waals surface area contributed by atoms with Gasteiger partial charge in [0.15, 0.2) is 0 Å². The molecule has 3 rings (SSSR count). The summed E-state index contributed by atoms with van der Waals surface area (Å²) in [6, 6.07) is 15.9. The van der Waals surface area contributed by atoms with E-state index in [1.165, 1.54) is 30.6 Å². The lowest BCUT2D eigenvalue weighted by Crippen LogP contribution is -2.24. The molecule has 0 saturated heterocycles. The van der Waals surface area contributed by atoms with Crippen LogP contribution in [0.1, 0.15) is 61.6 Å². The van der Waals surface area contributed by atoms with Gasteiger partial charge in [0, 0.05) is 29.5 Å². The first-order valence-electron chi connectivity index (χ1n) is 10.7. The largest absolute Gasteiger partial charge is 0.352 e. The van der Waals surface area contributed by atoms with Crippen molar-refractivity contribution < 1.29 is 4.79 Å². The number of benzene rings is 2. The number of halogens is 1. The summed E-state index contributed by atoms with van der Waals surface area (Å²) in [4.78, 5) is 17.0. The molecule has 29 heavy (non-hydrogen) atoms. The van der Waals surface area contributed by atoms with Crippen molar-refractivity contribution in [3.05, 3.63) is 64.4 Å². The molecule has 0 spiro atoms. The van der Waals surface area contributed by atoms with E-state index in [1.807, 2.05) is 24.3 Å². The van der Waals surface area contributed by atoms with Crippen LogP contribution in [-0.2, 0) is 13.0 Å². The molecule has 0 aliphatic carbocycles. The average Bonchev–Trinajstić information content (AvgIpc) is 3.08. The van der Waals surface area contributed by atoms with Crippen molar-refractivity contribution in [2.45, 2.75) is 58.4 Å². The number of carbonyl (C=O) groups is 1. The van der Waals surface area contributed by atoms with E-state index in [4.69, 9.17) is 4.98 Å². The van der Waals surface area contributed by atoms with Gasteiger partial charge in [0.1, 0.15) is 5.82 Å². The molecule has 4 nitrogen and oxygen atoms in total. The number of nitrogens with zero attached hydrogens (tertiary/aromatic N) is 2. The van der Waals surface area contributed by atoms with Gasteiger partial charge in [-0.1, -0.05) is 54.2 Å². The Hall–Kier alpha value is -2.14. The Bertz CT molecular complexity index is 918. The molecule has 1 amide bonds. The summed E-state index contributed by atoms with van der Waals surface area (Å²) in [6.07, 6.45) is 7.83. The van der Waals surface area contributed by atoms with E-state index in [2.05, 4.69) is 57.0 Å². The van der Waals surface area contributed by atoms with Crippen LogP contribution in [0.15, 0.2) is 53.0 Å². The molecular formula is C24H30BrN3O. The van der Waals surface area contributed by atoms with E-state index in [9.17, 15) is 4.79 Å². The Morgan fingerprint density at radius 1 is 1.00 bits per heavy atom. The van der Waals surface area contributed by atoms with Crippen molar-refractivity contribution in [3.63, 3.8) is 0 Å². The van der Waals surface area contributed by atoms with Crippen molar-refractivity contribution >= 4 is 32.9 Å². The van der Waals surface area contributed by atoms with E-state index in [-0.39, 0.29) is 5.91 Å². The number of hydrogen-bond donors (Lipinski definition) is 1. The summed E-state index contributed by atoms with van der Waals surface area (Å²) < 4.78 is 3.38. The fourth-order valence-electron chi connectivity index (χ4n) is 3.58. The molecule has 2 aromatic carbocycles. The predicted octanol–water partition coefficient (Wildman–Crippen LogP) is 6.13. The van der Waals surface area contributed by atoms with Crippen LogP contribution in [0.3, 0.4) is 0 Å². The molecule has 1 N–H and O–H groups in total. The first-order valence-corrected chi connectivity index (χ1v) is 11.5. The number of amides is 1. The topological polar surface area (TPSA) is 46.9 Å². The number of imidazole rings is 1. The molecule has 3 aromatic rings. The summed E-state index contributed by atoms with van der Waals surface area (Å²) in [5.74, 6) is 1.19. The van der Waals surface area contributed by atoms with Crippen molar-refractivity contribution in [2.24, 2.45) is 0 Å². The molecule has 1 aromatic heterocycles. The second-order valence-corrected chi connectivity index (χ2v) is 8.36. The number of hydrogen-bond acceptors (Lipinski definition) is 2. The minimum absolute atomic E-state index is 0.00443. The van der Waals surface area contributed by atoms with Crippen molar-refractivity contribution in [1.82, 2.24) is 14.9 Å². The number of nitrogens with one attached hydrogen (secondary N) is 1. The molecule has 0 aliphatic heterocycles. The molecule has 154 valence electrons. The van der Waals surface area contributed by atoms with Crippen LogP contribution in [0, 0.1) is 0 Å². The van der Waals surface area contributed by atoms with E-state index < -0.39 is 0 Å². The van der Waals surface area contributed by atoms with E-state index >= 15 is 0 Å². The first-order chi connectivity index (χ1) is 14.2. The Morgan fingerprint density at radius 2 is 1.79 bits per heavy atom. The highest BCUT2D eigenvalue weighted by atomic mass is 79.9. The van der Waals surface area contributed by atoms with E-state index in [0.717, 1.165) is 42.2 Å². The number of fused-ring (bicyclic) bond motifs is 1. The predicted molar refractivity (Wildman–Crippen MR) is 123 cm³/mol. The second-order valence-electron chi connectivity index (χ2n) is 7.45. The Labute approximate surface area is 181 Å². The van der Waals surface area contributed by atoms with Gasteiger partial charge in [-0.05, 0) is 55.7 Å². The molecule has 0 bridgehead atoms. The molecular weight excluding hydrogens is 426 g/mol. The summed E-state index contributed by atoms with van der Waals surface area (Å²) in [6.45, 7) is 4.00. The Morgan fingerprint density at radius 3 is 2.59 bits per heavy atom. The zero-order valence-electron chi connectivity index (χ0n) is 17.2. The Kier molecular flexibility index (Phi) is 8.29. The fraction of sp³-hybridized carbons (Fsp3) is 0.417. The highest BCUT2D eigenvalue weighted by molar-refractivity contribution is 9.10. The second kappa shape index (κ2) is 11.1. The maximum Gasteiger partial charge on any atom is 0.251 e. The van der Waals surface area contributed by atoms with Gasteiger partial charge in [-0.3, -0.25) is 4.79 Å². The smallest absolute Gasteiger partial charge is 0.251 e. The maximum atomic E-state index is 12.1. The average molecular weight is 456 g/mol. The highest BCUT2D eigenvalue weighted by Gasteiger charge is 2.10. The van der Waals surface area contributed by atoms with Gasteiger partial charge in [0.25, 0.3) is 5.91 Å². The molecule has 0 atom stereocenters. The first kappa shape index (κ1) is 21.6. The lowest BCUT2D eigenvalue weighted by molar-refractivity contribution is 0.0953. The van der Waals surface area contributed by atoms with Gasteiger partial charge in [-0.15, -0.1) is 0 Å². The fourth-order valence-corrected chi connectivity index (χ4v) is 3.84. The van der Waals surface area contributed by atoms with Crippen molar-refractivity contribution in [2.75, 3.05) is 6.54 Å². The summed E-state index contributed by atoms with van der Waals surface area (Å²) in [5.41, 5.74) is 3.05. The third-order valence-corrected chi connectivity index (χ3v) is 5.72. The van der Waals surface area contributed by atoms with Gasteiger partial charge in [0.2, 0.25) is 0 Å². The third-order valence-electron chi connectivity index (χ3n) is 5.19. The zero-order valence-corrected chi connectivity index (χ0v) is 18.7. The number of para-hydroxylation sites is 2. The summed E-state index contributed by atoms with van der Waals surface area (Å²) in [5, 5.41) is 3.01. The SMILES string of the molecule is CCCCCn1c(CCCCCNC(=O)c2ccc(Br)cc2)nc2ccccc21. The van der Waals surface area contributed by atoms with E-state index in [0.29, 0.717) is 12.1 Å². The minimum Gasteiger partial charge on any atom is -0.352 e. The van der Waals surface area contributed by atoms with Crippen LogP contribution < -0.4 is 5.32 Å². The molecule has 5 heteroatoms. The van der Waals surface area contributed by atoms with Crippen molar-refractivity contribution in [1.29, 1.82) is 0 Å². The number of rotatable bonds is 11. The molecule has 0 fully saturated rings. The van der Waals surface area contributed by atoms with Crippen LogP contribution in [0.2, 0.25) is 0 Å². The van der Waals surface area contributed by atoms with Gasteiger partial charge in [0.05, 0.1) is 11.0 Å². The van der Waals surface area contributed by atoms with Gasteiger partial charge < -0.3 is 9.88 Å². The monoisotopic (exact) mass is 455 g/mol. The van der Waals surface area contributed by atoms with Crippen LogP contribution >= 0.6 is 15.9 Å². The Balaban J connectivity index is 1.45. The standard InChI is InChI=1S/C24H30BrN3O/c1-2-3-9-18-28-22-11-7-6-10-21(22)27-23(28)12-5-4-8-17-26-24(29)19-13-15-20(25)16-14-19/h6-7,10-11,13-16H,2-5,8-9,12,17-18H2,1H3,(H,26,29). The number of carbonyl (C=O) groups excluding carboxylic acids is 1. The number of aromatic nitrogens is 2. The van der Waals surface area contributed by atoms with Crippen LogP contribution in [0.4, 0.5) is 0 Å². The molecule has 0 saturated carbocycles. The summed E-state index contributed by atoms with van der Waals surface area (Å²) in [7, 11) is 0. The third kappa shape index (κ3) is 6.17. The normalized spacial score (nSPS) is 11.1. The lowest BCUT2D eigenvalue weighted by atomic mass is 10.1. The lowest BCUT2D eigenvalue weighted by Gasteiger charge is -2.09. The van der Waals surface area contributed by atoms with Crippen LogP contribution in [0.5, 0.6) is 0 Å². The molecule has 0 unspecified atom stereocenters. The zero-order chi connectivity index (χ0) is 20.5. The summed E-state index contributed by atoms with van der Waals surface area (Å²) >= 11 is 3.39.